The van der Waals surface area contributed by atoms with E-state index >= 15 is 0 Å². The molecule has 0 aliphatic rings. The number of para-hydroxylation sites is 1. The van der Waals surface area contributed by atoms with Gasteiger partial charge < -0.3 is 14.2 Å². The van der Waals surface area contributed by atoms with Crippen molar-refractivity contribution in [2.24, 2.45) is 0 Å². The Morgan fingerprint density at radius 3 is 2.46 bits per heavy atom. The highest BCUT2D eigenvalue weighted by Crippen LogP contribution is 2.31. The zero-order valence-corrected chi connectivity index (χ0v) is 15.2. The second-order valence-corrected chi connectivity index (χ2v) is 5.64. The molecule has 0 saturated carbocycles. The highest BCUT2D eigenvalue weighted by molar-refractivity contribution is 9.09. The number of halogens is 1. The molecule has 0 aliphatic carbocycles. The molecule has 126 valence electrons. The first kappa shape index (κ1) is 18.1. The molecule has 0 unspecified atom stereocenters. The van der Waals surface area contributed by atoms with E-state index in [0.29, 0.717) is 23.7 Å². The maximum absolute atomic E-state index is 12.3. The van der Waals surface area contributed by atoms with Crippen LogP contribution in [0.4, 0.5) is 0 Å². The van der Waals surface area contributed by atoms with Gasteiger partial charge in [-0.2, -0.15) is 0 Å². The molecule has 0 heterocycles. The number of methoxy groups -OCH3 is 2. The van der Waals surface area contributed by atoms with Crippen LogP contribution in [-0.4, -0.2) is 31.9 Å². The maximum Gasteiger partial charge on any atom is 0.185 e. The van der Waals surface area contributed by atoms with E-state index in [-0.39, 0.29) is 5.78 Å². The summed E-state index contributed by atoms with van der Waals surface area (Å²) < 4.78 is 16.1. The number of hydrogen-bond donors (Lipinski definition) is 0. The Labute approximate surface area is 150 Å². The fourth-order valence-corrected chi connectivity index (χ4v) is 2.34. The number of allylic oxidation sites excluding steroid dienone is 1. The van der Waals surface area contributed by atoms with E-state index < -0.39 is 0 Å². The van der Waals surface area contributed by atoms with Gasteiger partial charge in [0.15, 0.2) is 17.3 Å². The monoisotopic (exact) mass is 390 g/mol. The third kappa shape index (κ3) is 4.61. The van der Waals surface area contributed by atoms with Crippen molar-refractivity contribution >= 4 is 27.8 Å². The maximum atomic E-state index is 12.3. The van der Waals surface area contributed by atoms with E-state index in [2.05, 4.69) is 15.9 Å². The minimum atomic E-state index is -0.0908. The second-order valence-electron chi connectivity index (χ2n) is 4.84. The number of carbonyl (C=O) groups is 1. The van der Waals surface area contributed by atoms with Crippen molar-refractivity contribution in [2.75, 3.05) is 26.2 Å². The first-order chi connectivity index (χ1) is 11.7. The van der Waals surface area contributed by atoms with Gasteiger partial charge in [0.2, 0.25) is 0 Å². The molecule has 2 aromatic carbocycles. The molecule has 4 nitrogen and oxygen atoms in total. The van der Waals surface area contributed by atoms with E-state index in [1.165, 1.54) is 6.08 Å². The Balaban J connectivity index is 2.13. The number of ether oxygens (including phenoxy) is 3. The van der Waals surface area contributed by atoms with Gasteiger partial charge >= 0.3 is 0 Å². The third-order valence-corrected chi connectivity index (χ3v) is 3.66. The van der Waals surface area contributed by atoms with Crippen LogP contribution >= 0.6 is 15.9 Å². The third-order valence-electron chi connectivity index (χ3n) is 3.33. The molecule has 0 saturated heterocycles. The van der Waals surface area contributed by atoms with Gasteiger partial charge in [-0.1, -0.05) is 28.1 Å². The summed E-state index contributed by atoms with van der Waals surface area (Å²) in [6, 6.07) is 12.6. The van der Waals surface area contributed by atoms with Crippen LogP contribution < -0.4 is 14.2 Å². The Bertz CT molecular complexity index is 708. The summed E-state index contributed by atoms with van der Waals surface area (Å²) in [6.07, 6.45) is 3.24. The Morgan fingerprint density at radius 1 is 1.08 bits per heavy atom. The summed E-state index contributed by atoms with van der Waals surface area (Å²) in [5, 5.41) is 0.763. The van der Waals surface area contributed by atoms with Gasteiger partial charge in [0, 0.05) is 16.5 Å². The van der Waals surface area contributed by atoms with Crippen LogP contribution in [0.15, 0.2) is 48.5 Å². The quantitative estimate of drug-likeness (QED) is 0.381. The highest BCUT2D eigenvalue weighted by atomic mass is 79.9. The Hall–Kier alpha value is -2.27. The smallest absolute Gasteiger partial charge is 0.185 e. The molecule has 0 radical (unpaired) electrons. The average molecular weight is 391 g/mol. The molecule has 2 rings (SSSR count). The molecular weight excluding hydrogens is 372 g/mol. The summed E-state index contributed by atoms with van der Waals surface area (Å²) in [7, 11) is 3.15. The largest absolute Gasteiger partial charge is 0.493 e. The van der Waals surface area contributed by atoms with Crippen molar-refractivity contribution in [1.82, 2.24) is 0 Å². The van der Waals surface area contributed by atoms with Crippen molar-refractivity contribution in [1.29, 1.82) is 0 Å². The van der Waals surface area contributed by atoms with Crippen LogP contribution in [0.1, 0.15) is 15.9 Å². The lowest BCUT2D eigenvalue weighted by Gasteiger charge is -2.09. The summed E-state index contributed by atoms with van der Waals surface area (Å²) >= 11 is 3.30. The minimum Gasteiger partial charge on any atom is -0.493 e. The van der Waals surface area contributed by atoms with Gasteiger partial charge in [-0.15, -0.1) is 0 Å². The minimum absolute atomic E-state index is 0.0908. The van der Waals surface area contributed by atoms with E-state index in [0.717, 1.165) is 16.6 Å². The topological polar surface area (TPSA) is 44.8 Å². The van der Waals surface area contributed by atoms with E-state index in [1.54, 1.807) is 44.6 Å². The molecule has 0 fully saturated rings. The van der Waals surface area contributed by atoms with Crippen molar-refractivity contribution < 1.29 is 19.0 Å². The molecule has 0 atom stereocenters. The molecule has 5 heteroatoms. The SMILES string of the molecule is COc1cccc(/C=C/C(=O)c2ccc(OCCBr)cc2)c1OC. The molecular formula is C19H19BrO4. The van der Waals surface area contributed by atoms with Crippen LogP contribution in [0.3, 0.4) is 0 Å². The summed E-state index contributed by atoms with van der Waals surface area (Å²) in [5.41, 5.74) is 1.38. The Morgan fingerprint density at radius 2 is 1.83 bits per heavy atom. The first-order valence-electron chi connectivity index (χ1n) is 7.41. The van der Waals surface area contributed by atoms with Crippen molar-refractivity contribution in [3.8, 4) is 17.2 Å². The van der Waals surface area contributed by atoms with Gasteiger partial charge in [0.25, 0.3) is 0 Å². The zero-order chi connectivity index (χ0) is 17.4. The number of alkyl halides is 1. The lowest BCUT2D eigenvalue weighted by molar-refractivity contribution is 0.104. The van der Waals surface area contributed by atoms with Crippen molar-refractivity contribution in [3.63, 3.8) is 0 Å². The van der Waals surface area contributed by atoms with Crippen LogP contribution in [-0.2, 0) is 0 Å². The van der Waals surface area contributed by atoms with Gasteiger partial charge in [-0.3, -0.25) is 4.79 Å². The summed E-state index contributed by atoms with van der Waals surface area (Å²) in [5.74, 6) is 1.87. The normalized spacial score (nSPS) is 10.6. The Kier molecular flexibility index (Phi) is 6.88. The van der Waals surface area contributed by atoms with Gasteiger partial charge in [-0.05, 0) is 42.5 Å². The number of benzene rings is 2. The molecule has 0 spiro atoms. The standard InChI is InChI=1S/C19H19BrO4/c1-22-18-5-3-4-15(19(18)23-2)8-11-17(21)14-6-9-16(10-7-14)24-13-12-20/h3-11H,12-13H2,1-2H3/b11-8+. The molecule has 0 aromatic heterocycles. The molecule has 24 heavy (non-hydrogen) atoms. The van der Waals surface area contributed by atoms with Crippen molar-refractivity contribution in [3.05, 3.63) is 59.7 Å². The van der Waals surface area contributed by atoms with Gasteiger partial charge in [0.1, 0.15) is 5.75 Å². The number of ketones is 1. The van der Waals surface area contributed by atoms with Crippen LogP contribution in [0.25, 0.3) is 6.08 Å². The molecule has 2 aromatic rings. The summed E-state index contributed by atoms with van der Waals surface area (Å²) in [6.45, 7) is 0.586. The van der Waals surface area contributed by atoms with Crippen LogP contribution in [0.5, 0.6) is 17.2 Å². The lowest BCUT2D eigenvalue weighted by atomic mass is 10.1. The van der Waals surface area contributed by atoms with Crippen molar-refractivity contribution in [2.45, 2.75) is 0 Å². The number of carbonyl (C=O) groups excluding carboxylic acids is 1. The van der Waals surface area contributed by atoms with E-state index in [1.807, 2.05) is 18.2 Å². The molecule has 0 bridgehead atoms. The zero-order valence-electron chi connectivity index (χ0n) is 13.6. The second kappa shape index (κ2) is 9.13. The summed E-state index contributed by atoms with van der Waals surface area (Å²) in [4.78, 5) is 12.3. The lowest BCUT2D eigenvalue weighted by Crippen LogP contribution is -1.99. The highest BCUT2D eigenvalue weighted by Gasteiger charge is 2.08. The van der Waals surface area contributed by atoms with E-state index in [4.69, 9.17) is 14.2 Å². The predicted molar refractivity (Wildman–Crippen MR) is 98.6 cm³/mol. The fraction of sp³-hybridized carbons (Fsp3) is 0.211. The van der Waals surface area contributed by atoms with Gasteiger partial charge in [0.05, 0.1) is 20.8 Å². The number of hydrogen-bond acceptors (Lipinski definition) is 4. The molecule has 0 aliphatic heterocycles. The van der Waals surface area contributed by atoms with E-state index in [9.17, 15) is 4.79 Å². The molecule has 0 N–H and O–H groups in total. The predicted octanol–water partition coefficient (Wildman–Crippen LogP) is 4.37. The van der Waals surface area contributed by atoms with Crippen LogP contribution in [0, 0.1) is 0 Å². The van der Waals surface area contributed by atoms with Crippen LogP contribution in [0.2, 0.25) is 0 Å². The molecule has 0 amide bonds. The first-order valence-corrected chi connectivity index (χ1v) is 8.54. The average Bonchev–Trinajstić information content (AvgIpc) is 2.64. The number of rotatable bonds is 8. The fourth-order valence-electron chi connectivity index (χ4n) is 2.18. The van der Waals surface area contributed by atoms with Gasteiger partial charge in [-0.25, -0.2) is 0 Å².